The first-order valence-electron chi connectivity index (χ1n) is 4.03. The van der Waals surface area contributed by atoms with Crippen molar-refractivity contribution in [2.45, 2.75) is 13.8 Å². The summed E-state index contributed by atoms with van der Waals surface area (Å²) in [6.45, 7) is 3.81. The van der Waals surface area contributed by atoms with E-state index in [1.807, 2.05) is 6.92 Å². The number of nitrogens with zero attached hydrogens (tertiary/aromatic N) is 1. The normalized spacial score (nSPS) is 12.7. The Morgan fingerprint density at radius 1 is 1.62 bits per heavy atom. The Morgan fingerprint density at radius 3 is 2.62 bits per heavy atom. The fourth-order valence-electron chi connectivity index (χ4n) is 0.609. The van der Waals surface area contributed by atoms with Crippen molar-refractivity contribution in [3.63, 3.8) is 0 Å². The van der Waals surface area contributed by atoms with E-state index in [4.69, 9.17) is 14.8 Å². The van der Waals surface area contributed by atoms with Gasteiger partial charge in [-0.05, 0) is 13.8 Å². The molecule has 0 amide bonds. The van der Waals surface area contributed by atoms with Crippen molar-refractivity contribution in [1.82, 2.24) is 5.32 Å². The van der Waals surface area contributed by atoms with Crippen molar-refractivity contribution in [1.29, 1.82) is 0 Å². The lowest BCUT2D eigenvalue weighted by Crippen LogP contribution is -2.23. The summed E-state index contributed by atoms with van der Waals surface area (Å²) in [6, 6.07) is 0. The summed E-state index contributed by atoms with van der Waals surface area (Å²) in [5, 5.41) is 20.2. The van der Waals surface area contributed by atoms with Crippen molar-refractivity contribution >= 4 is 12.7 Å². The summed E-state index contributed by atoms with van der Waals surface area (Å²) in [5.74, 6) is 0.329. The lowest BCUT2D eigenvalue weighted by atomic mass is 9.85. The van der Waals surface area contributed by atoms with Crippen LogP contribution in [0.3, 0.4) is 0 Å². The molecule has 0 radical (unpaired) electrons. The molecule has 3 N–H and O–H groups in total. The van der Waals surface area contributed by atoms with Gasteiger partial charge in [0, 0.05) is 12.7 Å². The zero-order valence-corrected chi connectivity index (χ0v) is 8.11. The maximum atomic E-state index is 8.73. The summed E-state index contributed by atoms with van der Waals surface area (Å²) in [5.41, 5.74) is 0.190. The lowest BCUT2D eigenvalue weighted by molar-refractivity contribution is 0.225. The summed E-state index contributed by atoms with van der Waals surface area (Å²) >= 11 is 0. The average molecular weight is 186 g/mol. The van der Waals surface area contributed by atoms with Crippen LogP contribution in [0, 0.1) is 0 Å². The minimum atomic E-state index is -1.54. The number of hydrogen-bond acceptors (Lipinski definition) is 5. The molecule has 0 fully saturated rings. The van der Waals surface area contributed by atoms with Gasteiger partial charge in [-0.15, -0.1) is 0 Å². The second-order valence-electron chi connectivity index (χ2n) is 2.33. The van der Waals surface area contributed by atoms with E-state index in [2.05, 4.69) is 10.3 Å². The minimum Gasteiger partial charge on any atom is -0.477 e. The first-order chi connectivity index (χ1) is 6.11. The standard InChI is InChI=1S/C7H15BN2O3/c1-4-13-7(5-9-3)10-6(2)8(11)12/h5,9,11-12H,4H2,1-3H3/b7-5+,10-6?. The topological polar surface area (TPSA) is 74.1 Å². The third-order valence-corrected chi connectivity index (χ3v) is 1.22. The molecule has 0 saturated heterocycles. The van der Waals surface area contributed by atoms with Gasteiger partial charge in [-0.2, -0.15) is 0 Å². The van der Waals surface area contributed by atoms with E-state index < -0.39 is 7.12 Å². The molecule has 0 saturated carbocycles. The Balaban J connectivity index is 4.40. The van der Waals surface area contributed by atoms with Gasteiger partial charge in [0.25, 0.3) is 0 Å². The summed E-state index contributed by atoms with van der Waals surface area (Å²) in [4.78, 5) is 3.85. The Kier molecular flexibility index (Phi) is 6.00. The summed E-state index contributed by atoms with van der Waals surface area (Å²) < 4.78 is 5.09. The molecule has 5 nitrogen and oxygen atoms in total. The van der Waals surface area contributed by atoms with Crippen LogP contribution in [0.2, 0.25) is 0 Å². The van der Waals surface area contributed by atoms with Crippen molar-refractivity contribution < 1.29 is 14.8 Å². The molecule has 13 heavy (non-hydrogen) atoms. The number of nitrogens with one attached hydrogen (secondary N) is 1. The van der Waals surface area contributed by atoms with Crippen LogP contribution >= 0.6 is 0 Å². The number of ether oxygens (including phenoxy) is 1. The minimum absolute atomic E-state index is 0.190. The molecule has 0 spiro atoms. The highest BCUT2D eigenvalue weighted by molar-refractivity contribution is 6.79. The highest BCUT2D eigenvalue weighted by Gasteiger charge is 2.11. The molecule has 0 aliphatic heterocycles. The molecule has 74 valence electrons. The first-order valence-corrected chi connectivity index (χ1v) is 4.03. The molecule has 0 aromatic heterocycles. The van der Waals surface area contributed by atoms with Gasteiger partial charge in [0.1, 0.15) is 0 Å². The van der Waals surface area contributed by atoms with Crippen molar-refractivity contribution in [2.24, 2.45) is 4.99 Å². The Labute approximate surface area is 78.3 Å². The summed E-state index contributed by atoms with van der Waals surface area (Å²) in [6.07, 6.45) is 1.54. The largest absolute Gasteiger partial charge is 0.503 e. The monoisotopic (exact) mass is 186 g/mol. The number of rotatable bonds is 5. The third-order valence-electron chi connectivity index (χ3n) is 1.22. The van der Waals surface area contributed by atoms with Gasteiger partial charge >= 0.3 is 7.12 Å². The summed E-state index contributed by atoms with van der Waals surface area (Å²) in [7, 11) is 0.167. The molecule has 0 aliphatic rings. The molecule has 0 aromatic carbocycles. The van der Waals surface area contributed by atoms with Crippen LogP contribution in [0.5, 0.6) is 0 Å². The Bertz CT molecular complexity index is 204. The predicted molar refractivity (Wildman–Crippen MR) is 52.1 cm³/mol. The third kappa shape index (κ3) is 5.27. The van der Waals surface area contributed by atoms with Crippen molar-refractivity contribution in [2.75, 3.05) is 13.7 Å². The highest BCUT2D eigenvalue weighted by atomic mass is 16.5. The fraction of sp³-hybridized carbons (Fsp3) is 0.571. The van der Waals surface area contributed by atoms with Crippen LogP contribution < -0.4 is 5.32 Å². The van der Waals surface area contributed by atoms with Gasteiger partial charge in [0.2, 0.25) is 5.88 Å². The van der Waals surface area contributed by atoms with Gasteiger partial charge in [-0.3, -0.25) is 0 Å². The Morgan fingerprint density at radius 2 is 2.23 bits per heavy atom. The van der Waals surface area contributed by atoms with Gasteiger partial charge in [0.15, 0.2) is 0 Å². The second kappa shape index (κ2) is 6.50. The average Bonchev–Trinajstić information content (AvgIpc) is 2.05. The number of hydrogen-bond donors (Lipinski definition) is 3. The van der Waals surface area contributed by atoms with E-state index in [1.54, 1.807) is 7.05 Å². The van der Waals surface area contributed by atoms with Crippen LogP contribution in [0.25, 0.3) is 0 Å². The maximum Gasteiger partial charge on any atom is 0.503 e. The van der Waals surface area contributed by atoms with Gasteiger partial charge in [-0.1, -0.05) is 0 Å². The molecule has 0 unspecified atom stereocenters. The van der Waals surface area contributed by atoms with Crippen LogP contribution in [0.1, 0.15) is 13.8 Å². The molecule has 0 bridgehead atoms. The van der Waals surface area contributed by atoms with E-state index in [0.717, 1.165) is 0 Å². The van der Waals surface area contributed by atoms with Gasteiger partial charge < -0.3 is 20.1 Å². The van der Waals surface area contributed by atoms with Crippen molar-refractivity contribution in [3.05, 3.63) is 12.1 Å². The van der Waals surface area contributed by atoms with Gasteiger partial charge in [0.05, 0.1) is 12.8 Å². The van der Waals surface area contributed by atoms with Crippen LogP contribution in [-0.4, -0.2) is 36.4 Å². The van der Waals surface area contributed by atoms with E-state index in [0.29, 0.717) is 12.5 Å². The smallest absolute Gasteiger partial charge is 0.477 e. The molecule has 0 atom stereocenters. The van der Waals surface area contributed by atoms with Gasteiger partial charge in [-0.25, -0.2) is 4.99 Å². The molecule has 0 rings (SSSR count). The second-order valence-corrected chi connectivity index (χ2v) is 2.33. The lowest BCUT2D eigenvalue weighted by Gasteiger charge is -2.04. The molecule has 6 heteroatoms. The quantitative estimate of drug-likeness (QED) is 0.308. The predicted octanol–water partition coefficient (Wildman–Crippen LogP) is -0.486. The van der Waals surface area contributed by atoms with E-state index in [1.165, 1.54) is 13.1 Å². The molecule has 0 heterocycles. The van der Waals surface area contributed by atoms with Crippen molar-refractivity contribution in [3.8, 4) is 0 Å². The zero-order valence-electron chi connectivity index (χ0n) is 8.11. The molecule has 0 aromatic rings. The molecular formula is C7H15BN2O3. The van der Waals surface area contributed by atoms with Crippen LogP contribution in [-0.2, 0) is 4.74 Å². The van der Waals surface area contributed by atoms with E-state index in [9.17, 15) is 0 Å². The fourth-order valence-corrected chi connectivity index (χ4v) is 0.609. The Hall–Kier alpha value is -1.01. The highest BCUT2D eigenvalue weighted by Crippen LogP contribution is 1.98. The molecular weight excluding hydrogens is 171 g/mol. The van der Waals surface area contributed by atoms with E-state index >= 15 is 0 Å². The first kappa shape index (κ1) is 12.0. The molecule has 0 aliphatic carbocycles. The SMILES string of the molecule is CCO/C(=C/NC)N=C(C)B(O)O. The number of aliphatic imine (C=N–C) groups is 1. The van der Waals surface area contributed by atoms with Crippen LogP contribution in [0.4, 0.5) is 0 Å². The van der Waals surface area contributed by atoms with E-state index in [-0.39, 0.29) is 5.61 Å². The van der Waals surface area contributed by atoms with Crippen LogP contribution in [0.15, 0.2) is 17.1 Å². The zero-order chi connectivity index (χ0) is 10.3. The maximum absolute atomic E-state index is 8.73.